The number of aromatic hydroxyl groups is 2. The van der Waals surface area contributed by atoms with E-state index >= 15 is 0 Å². The molecular formula is C18H13F3N4O2. The quantitative estimate of drug-likeness (QED) is 0.462. The van der Waals surface area contributed by atoms with E-state index in [2.05, 4.69) is 15.3 Å². The van der Waals surface area contributed by atoms with Crippen LogP contribution in [-0.4, -0.2) is 31.6 Å². The van der Waals surface area contributed by atoms with E-state index in [1.54, 1.807) is 7.05 Å². The summed E-state index contributed by atoms with van der Waals surface area (Å²) in [5.41, 5.74) is 0.412. The van der Waals surface area contributed by atoms with Gasteiger partial charge in [-0.3, -0.25) is 4.40 Å². The van der Waals surface area contributed by atoms with Gasteiger partial charge in [-0.05, 0) is 30.3 Å². The summed E-state index contributed by atoms with van der Waals surface area (Å²) in [6.07, 6.45) is -3.09. The normalized spacial score (nSPS) is 12.0. The molecular weight excluding hydrogens is 361 g/mol. The van der Waals surface area contributed by atoms with Crippen molar-refractivity contribution in [3.05, 3.63) is 48.2 Å². The number of aromatic nitrogens is 3. The van der Waals surface area contributed by atoms with Crippen molar-refractivity contribution in [2.75, 3.05) is 12.4 Å². The molecule has 9 heteroatoms. The minimum absolute atomic E-state index is 0.188. The van der Waals surface area contributed by atoms with Gasteiger partial charge in [0.15, 0.2) is 23.0 Å². The number of phenols is 2. The summed E-state index contributed by atoms with van der Waals surface area (Å²) in [7, 11) is 1.55. The number of hydrogen-bond acceptors (Lipinski definition) is 5. The van der Waals surface area contributed by atoms with Crippen molar-refractivity contribution < 1.29 is 23.4 Å². The van der Waals surface area contributed by atoms with Gasteiger partial charge in [0.25, 0.3) is 0 Å². The average Bonchev–Trinajstić information content (AvgIpc) is 3.07. The van der Waals surface area contributed by atoms with Crippen LogP contribution in [0.4, 0.5) is 19.0 Å². The second-order valence-corrected chi connectivity index (χ2v) is 5.89. The van der Waals surface area contributed by atoms with Crippen molar-refractivity contribution >= 4 is 22.5 Å². The summed E-state index contributed by atoms with van der Waals surface area (Å²) in [6, 6.07) is 7.96. The number of alkyl halides is 3. The number of anilines is 1. The maximum absolute atomic E-state index is 13.5. The van der Waals surface area contributed by atoms with Crippen LogP contribution in [0.15, 0.2) is 42.6 Å². The smallest absolute Gasteiger partial charge is 0.418 e. The van der Waals surface area contributed by atoms with Crippen molar-refractivity contribution in [2.45, 2.75) is 6.18 Å². The Morgan fingerprint density at radius 1 is 1.07 bits per heavy atom. The lowest BCUT2D eigenvalue weighted by atomic mass is 10.1. The van der Waals surface area contributed by atoms with Gasteiger partial charge in [-0.1, -0.05) is 6.07 Å². The van der Waals surface area contributed by atoms with Gasteiger partial charge < -0.3 is 15.5 Å². The molecule has 0 aliphatic heterocycles. The van der Waals surface area contributed by atoms with Crippen LogP contribution in [0.25, 0.3) is 27.9 Å². The molecule has 2 aromatic heterocycles. The molecule has 0 amide bonds. The maximum Gasteiger partial charge on any atom is 0.418 e. The highest BCUT2D eigenvalue weighted by Crippen LogP contribution is 2.37. The van der Waals surface area contributed by atoms with Crippen molar-refractivity contribution in [1.82, 2.24) is 14.4 Å². The Bertz CT molecular complexity index is 1180. The predicted molar refractivity (Wildman–Crippen MR) is 93.8 cm³/mol. The predicted octanol–water partition coefficient (Wildman–Crippen LogP) is 4.02. The number of fused-ring (bicyclic) bond motifs is 3. The van der Waals surface area contributed by atoms with Gasteiger partial charge in [0.2, 0.25) is 0 Å². The third-order valence-electron chi connectivity index (χ3n) is 4.27. The van der Waals surface area contributed by atoms with Gasteiger partial charge in [0.05, 0.1) is 23.0 Å². The molecule has 0 aliphatic rings. The zero-order valence-corrected chi connectivity index (χ0v) is 13.9. The number of imidazole rings is 1. The Morgan fingerprint density at radius 3 is 2.52 bits per heavy atom. The van der Waals surface area contributed by atoms with Crippen LogP contribution < -0.4 is 5.32 Å². The minimum atomic E-state index is -4.57. The lowest BCUT2D eigenvalue weighted by molar-refractivity contribution is -0.136. The lowest BCUT2D eigenvalue weighted by Gasteiger charge is -2.14. The molecule has 0 spiro atoms. The van der Waals surface area contributed by atoms with Crippen molar-refractivity contribution in [3.63, 3.8) is 0 Å². The lowest BCUT2D eigenvalue weighted by Crippen LogP contribution is -2.09. The second kappa shape index (κ2) is 5.76. The number of para-hydroxylation sites is 1. The number of benzene rings is 2. The molecule has 0 atom stereocenters. The van der Waals surface area contributed by atoms with Crippen molar-refractivity contribution in [3.8, 4) is 22.8 Å². The Kier molecular flexibility index (Phi) is 3.62. The summed E-state index contributed by atoms with van der Waals surface area (Å²) < 4.78 is 41.9. The molecule has 0 unspecified atom stereocenters. The molecule has 27 heavy (non-hydrogen) atoms. The average molecular weight is 374 g/mol. The first-order valence-electron chi connectivity index (χ1n) is 7.88. The van der Waals surface area contributed by atoms with Gasteiger partial charge in [0, 0.05) is 12.6 Å². The zero-order valence-electron chi connectivity index (χ0n) is 13.9. The molecule has 0 bridgehead atoms. The van der Waals surface area contributed by atoms with Gasteiger partial charge in [-0.15, -0.1) is 0 Å². The Labute approximate surface area is 150 Å². The number of halogens is 3. The molecule has 6 nitrogen and oxygen atoms in total. The van der Waals surface area contributed by atoms with Gasteiger partial charge in [0.1, 0.15) is 5.52 Å². The highest BCUT2D eigenvalue weighted by atomic mass is 19.4. The maximum atomic E-state index is 13.5. The second-order valence-electron chi connectivity index (χ2n) is 5.89. The molecule has 2 heterocycles. The minimum Gasteiger partial charge on any atom is -0.504 e. The topological polar surface area (TPSA) is 82.7 Å². The van der Waals surface area contributed by atoms with Gasteiger partial charge >= 0.3 is 6.18 Å². The highest BCUT2D eigenvalue weighted by molar-refractivity contribution is 5.88. The number of rotatable bonds is 2. The van der Waals surface area contributed by atoms with E-state index in [-0.39, 0.29) is 28.4 Å². The molecule has 4 rings (SSSR count). The number of nitrogens with zero attached hydrogens (tertiary/aromatic N) is 3. The molecule has 0 saturated carbocycles. The molecule has 138 valence electrons. The fourth-order valence-electron chi connectivity index (χ4n) is 3.04. The third-order valence-corrected chi connectivity index (χ3v) is 4.27. The molecule has 3 N–H and O–H groups in total. The fraction of sp³-hybridized carbons (Fsp3) is 0.111. The standard InChI is InChI=1S/C18H13F3N4O2/c1-22-16-17-23-8-12(9-5-6-13(26)14(27)7-9)25(17)11-4-2-3-10(15(11)24-16)18(19,20)21/h2-8,26-27H,1H3,(H,22,24). The van der Waals surface area contributed by atoms with E-state index in [0.717, 1.165) is 6.07 Å². The summed E-state index contributed by atoms with van der Waals surface area (Å²) >= 11 is 0. The Hall–Kier alpha value is -3.49. The van der Waals surface area contributed by atoms with E-state index in [1.165, 1.54) is 40.9 Å². The summed E-state index contributed by atoms with van der Waals surface area (Å²) in [5, 5.41) is 22.1. The fourth-order valence-corrected chi connectivity index (χ4v) is 3.04. The molecule has 4 aromatic rings. The van der Waals surface area contributed by atoms with Crippen LogP contribution in [0.3, 0.4) is 0 Å². The summed E-state index contributed by atoms with van der Waals surface area (Å²) in [5.74, 6) is -0.451. The number of hydrogen-bond donors (Lipinski definition) is 3. The highest BCUT2D eigenvalue weighted by Gasteiger charge is 2.34. The van der Waals surface area contributed by atoms with Crippen LogP contribution >= 0.6 is 0 Å². The van der Waals surface area contributed by atoms with Crippen LogP contribution in [0.5, 0.6) is 11.5 Å². The Morgan fingerprint density at radius 2 is 1.85 bits per heavy atom. The largest absolute Gasteiger partial charge is 0.504 e. The van der Waals surface area contributed by atoms with Crippen LogP contribution in [0.2, 0.25) is 0 Å². The molecule has 0 fully saturated rings. The number of nitrogens with one attached hydrogen (secondary N) is 1. The number of phenolic OH excluding ortho intramolecular Hbond substituents is 2. The van der Waals surface area contributed by atoms with Crippen LogP contribution in [-0.2, 0) is 6.18 Å². The van der Waals surface area contributed by atoms with E-state index < -0.39 is 11.7 Å². The Balaban J connectivity index is 2.14. The van der Waals surface area contributed by atoms with Crippen molar-refractivity contribution in [2.24, 2.45) is 0 Å². The third kappa shape index (κ3) is 2.59. The van der Waals surface area contributed by atoms with E-state index in [4.69, 9.17) is 0 Å². The van der Waals surface area contributed by atoms with Crippen molar-refractivity contribution in [1.29, 1.82) is 0 Å². The first-order valence-corrected chi connectivity index (χ1v) is 7.88. The van der Waals surface area contributed by atoms with Crippen LogP contribution in [0, 0.1) is 0 Å². The van der Waals surface area contributed by atoms with E-state index in [9.17, 15) is 23.4 Å². The zero-order chi connectivity index (χ0) is 19.3. The van der Waals surface area contributed by atoms with Gasteiger partial charge in [-0.25, -0.2) is 9.97 Å². The first kappa shape index (κ1) is 17.0. The molecule has 0 radical (unpaired) electrons. The molecule has 2 aromatic carbocycles. The summed E-state index contributed by atoms with van der Waals surface area (Å²) in [6.45, 7) is 0. The first-order chi connectivity index (χ1) is 12.8. The van der Waals surface area contributed by atoms with Gasteiger partial charge in [-0.2, -0.15) is 13.2 Å². The SMILES string of the molecule is CNc1nc2c(C(F)(F)F)cccc2n2c(-c3ccc(O)c(O)c3)cnc12. The van der Waals surface area contributed by atoms with E-state index in [0.29, 0.717) is 16.9 Å². The molecule has 0 saturated heterocycles. The van der Waals surface area contributed by atoms with Crippen LogP contribution in [0.1, 0.15) is 5.56 Å². The summed E-state index contributed by atoms with van der Waals surface area (Å²) in [4.78, 5) is 8.40. The monoisotopic (exact) mass is 374 g/mol. The van der Waals surface area contributed by atoms with E-state index in [1.807, 2.05) is 0 Å². The molecule has 0 aliphatic carbocycles.